The summed E-state index contributed by atoms with van der Waals surface area (Å²) in [5, 5.41) is 0. The molecule has 0 aliphatic rings. The lowest BCUT2D eigenvalue weighted by Crippen LogP contribution is -2.35. The highest BCUT2D eigenvalue weighted by molar-refractivity contribution is 5.47. The van der Waals surface area contributed by atoms with E-state index < -0.39 is 35.1 Å². The lowest BCUT2D eigenvalue weighted by molar-refractivity contribution is -0.291. The molecule has 1 aromatic rings. The Labute approximate surface area is 95.2 Å². The maximum atomic E-state index is 12.9. The number of hydrogen-bond donors (Lipinski definition) is 1. The Morgan fingerprint density at radius 3 is 1.67 bits per heavy atom. The van der Waals surface area contributed by atoms with Crippen molar-refractivity contribution in [1.82, 2.24) is 0 Å². The lowest BCUT2D eigenvalue weighted by Gasteiger charge is -2.23. The van der Waals surface area contributed by atoms with E-state index in [0.29, 0.717) is 6.07 Å². The summed E-state index contributed by atoms with van der Waals surface area (Å²) in [6.07, 6.45) is -11.5. The van der Waals surface area contributed by atoms with E-state index in [9.17, 15) is 35.1 Å². The van der Waals surface area contributed by atoms with Gasteiger partial charge in [-0.3, -0.25) is 0 Å². The third kappa shape index (κ3) is 2.49. The number of benzene rings is 1. The Morgan fingerprint density at radius 1 is 0.778 bits per heavy atom. The highest BCUT2D eigenvalue weighted by atomic mass is 19.4. The SMILES string of the molecule is Nc1ccc(C(F)(F)C(F)(F)F)c(C(F)(F)F)c1. The van der Waals surface area contributed by atoms with Gasteiger partial charge in [0.15, 0.2) is 0 Å². The van der Waals surface area contributed by atoms with Gasteiger partial charge >= 0.3 is 18.3 Å². The lowest BCUT2D eigenvalue weighted by atomic mass is 10.00. The molecule has 0 unspecified atom stereocenters. The molecule has 0 radical (unpaired) electrons. The highest BCUT2D eigenvalue weighted by Crippen LogP contribution is 2.48. The summed E-state index contributed by atoms with van der Waals surface area (Å²) in [6, 6.07) is 0.602. The van der Waals surface area contributed by atoms with Crippen molar-refractivity contribution in [3.63, 3.8) is 0 Å². The molecular formula is C9H5F8N. The van der Waals surface area contributed by atoms with E-state index in [1.807, 2.05) is 0 Å². The van der Waals surface area contributed by atoms with Crippen molar-refractivity contribution in [2.45, 2.75) is 18.3 Å². The first-order valence-electron chi connectivity index (χ1n) is 4.29. The maximum Gasteiger partial charge on any atom is 0.458 e. The van der Waals surface area contributed by atoms with Crippen molar-refractivity contribution in [3.8, 4) is 0 Å². The van der Waals surface area contributed by atoms with Gasteiger partial charge in [-0.2, -0.15) is 35.1 Å². The molecule has 9 heteroatoms. The van der Waals surface area contributed by atoms with Crippen LogP contribution in [-0.2, 0) is 12.1 Å². The highest BCUT2D eigenvalue weighted by Gasteiger charge is 2.61. The van der Waals surface area contributed by atoms with Crippen LogP contribution >= 0.6 is 0 Å². The van der Waals surface area contributed by atoms with Crippen molar-refractivity contribution >= 4 is 5.69 Å². The van der Waals surface area contributed by atoms with Crippen molar-refractivity contribution in [1.29, 1.82) is 0 Å². The van der Waals surface area contributed by atoms with Crippen molar-refractivity contribution in [2.24, 2.45) is 0 Å². The Morgan fingerprint density at radius 2 is 1.28 bits per heavy atom. The summed E-state index contributed by atoms with van der Waals surface area (Å²) in [4.78, 5) is 0. The van der Waals surface area contributed by atoms with Gasteiger partial charge in [-0.05, 0) is 12.1 Å². The third-order valence-corrected chi connectivity index (χ3v) is 2.04. The normalized spacial score (nSPS) is 13.8. The van der Waals surface area contributed by atoms with E-state index >= 15 is 0 Å². The van der Waals surface area contributed by atoms with Gasteiger partial charge in [0, 0.05) is 11.3 Å². The number of halogens is 8. The number of nitrogens with two attached hydrogens (primary N) is 1. The molecule has 1 rings (SSSR count). The Kier molecular flexibility index (Phi) is 3.22. The van der Waals surface area contributed by atoms with Crippen LogP contribution in [-0.4, -0.2) is 6.18 Å². The summed E-state index contributed by atoms with van der Waals surface area (Å²) in [5.74, 6) is -5.61. The van der Waals surface area contributed by atoms with Crippen LogP contribution in [0.15, 0.2) is 18.2 Å². The summed E-state index contributed by atoms with van der Waals surface area (Å²) in [7, 11) is 0. The largest absolute Gasteiger partial charge is 0.458 e. The van der Waals surface area contributed by atoms with E-state index in [1.165, 1.54) is 0 Å². The molecule has 18 heavy (non-hydrogen) atoms. The standard InChI is InChI=1S/C9H5F8N/c10-7(11,9(15,16)17)5-2-1-4(18)3-6(5)8(12,13)14/h1-3H,18H2. The molecule has 0 fully saturated rings. The van der Waals surface area contributed by atoms with Gasteiger partial charge in [-0.25, -0.2) is 0 Å². The van der Waals surface area contributed by atoms with Gasteiger partial charge in [0.25, 0.3) is 0 Å². The second kappa shape index (κ2) is 3.99. The zero-order valence-corrected chi connectivity index (χ0v) is 8.33. The first-order chi connectivity index (χ1) is 7.87. The van der Waals surface area contributed by atoms with Crippen LogP contribution in [0.3, 0.4) is 0 Å². The molecule has 2 N–H and O–H groups in total. The molecule has 0 aliphatic heterocycles. The van der Waals surface area contributed by atoms with Gasteiger partial charge in [-0.15, -0.1) is 0 Å². The Balaban J connectivity index is 3.52. The second-order valence-corrected chi connectivity index (χ2v) is 3.37. The predicted octanol–water partition coefficient (Wildman–Crippen LogP) is 3.94. The van der Waals surface area contributed by atoms with Gasteiger partial charge in [0.2, 0.25) is 0 Å². The minimum Gasteiger partial charge on any atom is -0.399 e. The molecule has 1 aromatic carbocycles. The number of anilines is 1. The number of alkyl halides is 8. The molecule has 102 valence electrons. The fraction of sp³-hybridized carbons (Fsp3) is 0.333. The summed E-state index contributed by atoms with van der Waals surface area (Å²) in [5.41, 5.74) is 0.108. The fourth-order valence-electron chi connectivity index (χ4n) is 1.22. The molecule has 1 nitrogen and oxygen atoms in total. The summed E-state index contributed by atoms with van der Waals surface area (Å²) < 4.78 is 99.1. The monoisotopic (exact) mass is 279 g/mol. The summed E-state index contributed by atoms with van der Waals surface area (Å²) in [6.45, 7) is 0. The average Bonchev–Trinajstić information content (AvgIpc) is 2.13. The predicted molar refractivity (Wildman–Crippen MR) is 45.8 cm³/mol. The summed E-state index contributed by atoms with van der Waals surface area (Å²) >= 11 is 0. The quantitative estimate of drug-likeness (QED) is 0.611. The van der Waals surface area contributed by atoms with Gasteiger partial charge in [-0.1, -0.05) is 6.07 Å². The minimum absolute atomic E-state index is 0.0195. The van der Waals surface area contributed by atoms with Crippen LogP contribution in [0.1, 0.15) is 11.1 Å². The van der Waals surface area contributed by atoms with Gasteiger partial charge in [0.05, 0.1) is 5.56 Å². The molecule has 0 amide bonds. The van der Waals surface area contributed by atoms with Crippen molar-refractivity contribution < 1.29 is 35.1 Å². The molecule has 0 atom stereocenters. The molecule has 0 aromatic heterocycles. The van der Waals surface area contributed by atoms with Crippen LogP contribution in [0.4, 0.5) is 40.8 Å². The zero-order valence-electron chi connectivity index (χ0n) is 8.33. The van der Waals surface area contributed by atoms with Gasteiger partial charge in [0.1, 0.15) is 0 Å². The molecule has 0 heterocycles. The molecule has 0 spiro atoms. The van der Waals surface area contributed by atoms with Crippen LogP contribution in [0, 0.1) is 0 Å². The van der Waals surface area contributed by atoms with E-state index in [-0.39, 0.29) is 12.1 Å². The van der Waals surface area contributed by atoms with Crippen LogP contribution in [0.25, 0.3) is 0 Å². The molecule has 0 saturated carbocycles. The second-order valence-electron chi connectivity index (χ2n) is 3.37. The first kappa shape index (κ1) is 14.5. The number of hydrogen-bond acceptors (Lipinski definition) is 1. The molecule has 0 bridgehead atoms. The topological polar surface area (TPSA) is 26.0 Å². The van der Waals surface area contributed by atoms with E-state index in [1.54, 1.807) is 0 Å². The third-order valence-electron chi connectivity index (χ3n) is 2.04. The van der Waals surface area contributed by atoms with Crippen molar-refractivity contribution in [3.05, 3.63) is 29.3 Å². The van der Waals surface area contributed by atoms with E-state index in [0.717, 1.165) is 0 Å². The first-order valence-corrected chi connectivity index (χ1v) is 4.29. The Bertz CT molecular complexity index is 445. The van der Waals surface area contributed by atoms with E-state index in [4.69, 9.17) is 5.73 Å². The van der Waals surface area contributed by atoms with Gasteiger partial charge < -0.3 is 5.73 Å². The van der Waals surface area contributed by atoms with Crippen molar-refractivity contribution in [2.75, 3.05) is 5.73 Å². The fourth-order valence-corrected chi connectivity index (χ4v) is 1.22. The average molecular weight is 279 g/mol. The molecule has 0 aliphatic carbocycles. The molecular weight excluding hydrogens is 274 g/mol. The number of nitrogen functional groups attached to an aromatic ring is 1. The van der Waals surface area contributed by atoms with E-state index in [2.05, 4.69) is 0 Å². The maximum absolute atomic E-state index is 12.9. The minimum atomic E-state index is -6.12. The molecule has 0 saturated heterocycles. The number of rotatable bonds is 1. The van der Waals surface area contributed by atoms with Crippen LogP contribution in [0.2, 0.25) is 0 Å². The zero-order chi connectivity index (χ0) is 14.4. The van der Waals surface area contributed by atoms with Crippen LogP contribution < -0.4 is 5.73 Å². The Hall–Kier alpha value is -1.54. The van der Waals surface area contributed by atoms with Crippen LogP contribution in [0.5, 0.6) is 0 Å². The smallest absolute Gasteiger partial charge is 0.399 e.